The van der Waals surface area contributed by atoms with E-state index in [4.69, 9.17) is 0 Å². The van der Waals surface area contributed by atoms with E-state index in [-0.39, 0.29) is 0 Å². The summed E-state index contributed by atoms with van der Waals surface area (Å²) in [6, 6.07) is 1.42. The molecule has 0 aromatic heterocycles. The summed E-state index contributed by atoms with van der Waals surface area (Å²) < 4.78 is 0. The molecule has 18 heavy (non-hydrogen) atoms. The summed E-state index contributed by atoms with van der Waals surface area (Å²) in [5, 5.41) is 4.64. The van der Waals surface area contributed by atoms with Gasteiger partial charge in [-0.2, -0.15) is 11.8 Å². The minimum atomic E-state index is 0.708. The molecule has 2 aliphatic heterocycles. The maximum atomic E-state index is 3.74. The van der Waals surface area contributed by atoms with Gasteiger partial charge in [-0.1, -0.05) is 26.7 Å². The molecule has 0 spiro atoms. The number of thioether (sulfide) groups is 1. The van der Waals surface area contributed by atoms with Gasteiger partial charge in [-0.05, 0) is 31.4 Å². The fraction of sp³-hybridized carbons (Fsp3) is 1.00. The Hall–Kier alpha value is 0.270. The first-order valence-electron chi connectivity index (χ1n) is 7.79. The van der Waals surface area contributed by atoms with Crippen LogP contribution in [-0.2, 0) is 0 Å². The molecule has 2 fully saturated rings. The first-order chi connectivity index (χ1) is 8.70. The molecule has 0 amide bonds. The smallest absolute Gasteiger partial charge is 0.0221 e. The lowest BCUT2D eigenvalue weighted by Crippen LogP contribution is -2.58. The molecule has 0 bridgehead atoms. The number of hydrogen-bond acceptors (Lipinski definition) is 3. The highest BCUT2D eigenvalue weighted by Gasteiger charge is 2.29. The van der Waals surface area contributed by atoms with Crippen LogP contribution in [0.1, 0.15) is 46.5 Å². The second-order valence-electron chi connectivity index (χ2n) is 6.19. The van der Waals surface area contributed by atoms with Gasteiger partial charge in [0.15, 0.2) is 0 Å². The summed E-state index contributed by atoms with van der Waals surface area (Å²) in [5.74, 6) is 2.19. The maximum Gasteiger partial charge on any atom is 0.0221 e. The Bertz CT molecular complexity index is 239. The van der Waals surface area contributed by atoms with Gasteiger partial charge in [0.2, 0.25) is 0 Å². The Kier molecular flexibility index (Phi) is 5.84. The molecule has 2 aliphatic rings. The van der Waals surface area contributed by atoms with E-state index in [1.807, 2.05) is 0 Å². The second kappa shape index (κ2) is 7.16. The predicted molar refractivity (Wildman–Crippen MR) is 82.4 cm³/mol. The van der Waals surface area contributed by atoms with Gasteiger partial charge in [-0.25, -0.2) is 0 Å². The van der Waals surface area contributed by atoms with Crippen LogP contribution >= 0.6 is 11.8 Å². The van der Waals surface area contributed by atoms with Gasteiger partial charge >= 0.3 is 0 Å². The molecular formula is C15H30N2S. The van der Waals surface area contributed by atoms with Crippen LogP contribution in [0.3, 0.4) is 0 Å². The average molecular weight is 270 g/mol. The number of hydrogen-bond donors (Lipinski definition) is 1. The van der Waals surface area contributed by atoms with Crippen LogP contribution in [-0.4, -0.2) is 47.6 Å². The SMILES string of the molecule is CCC(C)C1CN(CC2CCCCS2)C(C)CN1. The summed E-state index contributed by atoms with van der Waals surface area (Å²) in [4.78, 5) is 2.75. The predicted octanol–water partition coefficient (Wildman–Crippen LogP) is 2.98. The minimum absolute atomic E-state index is 0.708. The molecule has 0 aromatic carbocycles. The van der Waals surface area contributed by atoms with Gasteiger partial charge in [-0.3, -0.25) is 4.90 Å². The highest BCUT2D eigenvalue weighted by atomic mass is 32.2. The minimum Gasteiger partial charge on any atom is -0.311 e. The summed E-state index contributed by atoms with van der Waals surface area (Å²) in [6.07, 6.45) is 5.62. The maximum absolute atomic E-state index is 3.74. The average Bonchev–Trinajstić information content (AvgIpc) is 2.41. The van der Waals surface area contributed by atoms with E-state index in [0.717, 1.165) is 11.2 Å². The lowest BCUT2D eigenvalue weighted by atomic mass is 9.95. The van der Waals surface area contributed by atoms with Crippen LogP contribution in [0.5, 0.6) is 0 Å². The molecule has 3 heteroatoms. The topological polar surface area (TPSA) is 15.3 Å². The van der Waals surface area contributed by atoms with Crippen molar-refractivity contribution in [1.82, 2.24) is 10.2 Å². The molecule has 2 saturated heterocycles. The quantitative estimate of drug-likeness (QED) is 0.845. The number of rotatable bonds is 4. The Balaban J connectivity index is 1.84. The zero-order valence-corrected chi connectivity index (χ0v) is 13.1. The van der Waals surface area contributed by atoms with Gasteiger partial charge in [-0.15, -0.1) is 0 Å². The largest absolute Gasteiger partial charge is 0.311 e. The van der Waals surface area contributed by atoms with Crippen LogP contribution in [0.2, 0.25) is 0 Å². The molecule has 106 valence electrons. The van der Waals surface area contributed by atoms with Crippen molar-refractivity contribution < 1.29 is 0 Å². The van der Waals surface area contributed by atoms with Gasteiger partial charge in [0.1, 0.15) is 0 Å². The zero-order valence-electron chi connectivity index (χ0n) is 12.3. The molecule has 0 aromatic rings. The third kappa shape index (κ3) is 3.88. The monoisotopic (exact) mass is 270 g/mol. The molecule has 4 atom stereocenters. The van der Waals surface area contributed by atoms with Crippen molar-refractivity contribution in [1.29, 1.82) is 0 Å². The van der Waals surface area contributed by atoms with Crippen molar-refractivity contribution in [3.05, 3.63) is 0 Å². The molecule has 1 N–H and O–H groups in total. The fourth-order valence-electron chi connectivity index (χ4n) is 3.08. The van der Waals surface area contributed by atoms with Gasteiger partial charge in [0, 0.05) is 37.0 Å². The zero-order chi connectivity index (χ0) is 13.0. The van der Waals surface area contributed by atoms with Crippen molar-refractivity contribution in [2.45, 2.75) is 63.8 Å². The van der Waals surface area contributed by atoms with Crippen LogP contribution in [0.4, 0.5) is 0 Å². The Morgan fingerprint density at radius 2 is 2.22 bits per heavy atom. The van der Waals surface area contributed by atoms with E-state index < -0.39 is 0 Å². The van der Waals surface area contributed by atoms with E-state index in [1.54, 1.807) is 0 Å². The third-order valence-corrected chi connectivity index (χ3v) is 6.15. The van der Waals surface area contributed by atoms with Crippen LogP contribution in [0.25, 0.3) is 0 Å². The highest BCUT2D eigenvalue weighted by molar-refractivity contribution is 7.99. The standard InChI is InChI=1S/C15H30N2S/c1-4-12(2)15-11-17(13(3)9-16-15)10-14-7-5-6-8-18-14/h12-16H,4-11H2,1-3H3. The van der Waals surface area contributed by atoms with Gasteiger partial charge < -0.3 is 5.32 Å². The van der Waals surface area contributed by atoms with Crippen LogP contribution in [0, 0.1) is 5.92 Å². The lowest BCUT2D eigenvalue weighted by Gasteiger charge is -2.42. The van der Waals surface area contributed by atoms with Gasteiger partial charge in [0.25, 0.3) is 0 Å². The summed E-state index contributed by atoms with van der Waals surface area (Å²) in [7, 11) is 0. The molecular weight excluding hydrogens is 240 g/mol. The van der Waals surface area contributed by atoms with E-state index in [9.17, 15) is 0 Å². The number of piperazine rings is 1. The molecule has 2 nitrogen and oxygen atoms in total. The first kappa shape index (κ1) is 14.7. The van der Waals surface area contributed by atoms with Crippen LogP contribution in [0.15, 0.2) is 0 Å². The van der Waals surface area contributed by atoms with Crippen molar-refractivity contribution in [2.24, 2.45) is 5.92 Å². The van der Waals surface area contributed by atoms with Gasteiger partial charge in [0.05, 0.1) is 0 Å². The summed E-state index contributed by atoms with van der Waals surface area (Å²) in [6.45, 7) is 10.8. The Morgan fingerprint density at radius 1 is 1.39 bits per heavy atom. The lowest BCUT2D eigenvalue weighted by molar-refractivity contribution is 0.118. The third-order valence-electron chi connectivity index (χ3n) is 4.77. The molecule has 4 unspecified atom stereocenters. The van der Waals surface area contributed by atoms with E-state index in [2.05, 4.69) is 42.7 Å². The summed E-state index contributed by atoms with van der Waals surface area (Å²) in [5.41, 5.74) is 0. The number of nitrogens with one attached hydrogen (secondary N) is 1. The van der Waals surface area contributed by atoms with Crippen LogP contribution < -0.4 is 5.32 Å². The fourth-order valence-corrected chi connectivity index (χ4v) is 4.42. The second-order valence-corrected chi connectivity index (χ2v) is 7.60. The molecule has 2 heterocycles. The van der Waals surface area contributed by atoms with Crippen molar-refractivity contribution in [3.63, 3.8) is 0 Å². The number of nitrogens with zero attached hydrogens (tertiary/aromatic N) is 1. The first-order valence-corrected chi connectivity index (χ1v) is 8.84. The molecule has 0 radical (unpaired) electrons. The Labute approximate surface area is 117 Å². The van der Waals surface area contributed by atoms with Crippen molar-refractivity contribution in [3.8, 4) is 0 Å². The van der Waals surface area contributed by atoms with E-state index in [1.165, 1.54) is 51.1 Å². The van der Waals surface area contributed by atoms with Crippen molar-refractivity contribution in [2.75, 3.05) is 25.4 Å². The van der Waals surface area contributed by atoms with E-state index >= 15 is 0 Å². The normalized spacial score (nSPS) is 36.5. The molecule has 0 aliphatic carbocycles. The molecule has 2 rings (SSSR count). The van der Waals surface area contributed by atoms with E-state index in [0.29, 0.717) is 12.1 Å². The molecule has 0 saturated carbocycles. The highest BCUT2D eigenvalue weighted by Crippen LogP contribution is 2.27. The Morgan fingerprint density at radius 3 is 2.89 bits per heavy atom. The van der Waals surface area contributed by atoms with Crippen molar-refractivity contribution >= 4 is 11.8 Å². The summed E-state index contributed by atoms with van der Waals surface area (Å²) >= 11 is 2.21.